The number of quaternary nitrogens is 1. The summed E-state index contributed by atoms with van der Waals surface area (Å²) in [6.07, 6.45) is 2.50. The first-order chi connectivity index (χ1) is 5.83. The second-order valence-electron chi connectivity index (χ2n) is 4.45. The van der Waals surface area contributed by atoms with Crippen LogP contribution in [0, 0.1) is 0 Å². The standard InChI is InChI=1S/C9H20N2O2/c1-11(2,3)7-5-4-6-8(10)9(12)13/h8H,4-7,10H2,1-3H3/p+1/t8-/m1/s1. The Morgan fingerprint density at radius 2 is 1.92 bits per heavy atom. The molecule has 0 fully saturated rings. The van der Waals surface area contributed by atoms with Crippen LogP contribution in [0.15, 0.2) is 0 Å². The fourth-order valence-electron chi connectivity index (χ4n) is 1.07. The van der Waals surface area contributed by atoms with Gasteiger partial charge in [-0.15, -0.1) is 0 Å². The van der Waals surface area contributed by atoms with Gasteiger partial charge < -0.3 is 15.3 Å². The van der Waals surface area contributed by atoms with Gasteiger partial charge in [0, 0.05) is 0 Å². The van der Waals surface area contributed by atoms with Crippen molar-refractivity contribution in [2.45, 2.75) is 25.3 Å². The molecule has 0 unspecified atom stereocenters. The summed E-state index contributed by atoms with van der Waals surface area (Å²) in [6, 6.07) is -0.688. The number of hydrogen-bond acceptors (Lipinski definition) is 2. The van der Waals surface area contributed by atoms with Crippen LogP contribution in [-0.2, 0) is 4.79 Å². The number of rotatable bonds is 6. The average molecular weight is 189 g/mol. The molecule has 0 rings (SSSR count). The van der Waals surface area contributed by atoms with Gasteiger partial charge in [0.2, 0.25) is 0 Å². The first-order valence-corrected chi connectivity index (χ1v) is 4.62. The highest BCUT2D eigenvalue weighted by Gasteiger charge is 2.11. The molecule has 4 heteroatoms. The molecule has 0 saturated carbocycles. The fraction of sp³-hybridized carbons (Fsp3) is 0.889. The van der Waals surface area contributed by atoms with Gasteiger partial charge in [-0.25, -0.2) is 0 Å². The third-order valence-corrected chi connectivity index (χ3v) is 1.91. The molecule has 0 spiro atoms. The average Bonchev–Trinajstić information content (AvgIpc) is 1.95. The first kappa shape index (κ1) is 12.4. The molecule has 0 aliphatic heterocycles. The zero-order valence-corrected chi connectivity index (χ0v) is 8.79. The number of hydrogen-bond donors (Lipinski definition) is 2. The number of carbonyl (C=O) groups is 1. The molecular weight excluding hydrogens is 168 g/mol. The van der Waals surface area contributed by atoms with Crippen LogP contribution < -0.4 is 5.73 Å². The van der Waals surface area contributed by atoms with Crippen LogP contribution >= 0.6 is 0 Å². The smallest absolute Gasteiger partial charge is 0.320 e. The van der Waals surface area contributed by atoms with E-state index in [-0.39, 0.29) is 0 Å². The van der Waals surface area contributed by atoms with Crippen molar-refractivity contribution in [1.82, 2.24) is 0 Å². The summed E-state index contributed by atoms with van der Waals surface area (Å²) in [7, 11) is 6.37. The maximum Gasteiger partial charge on any atom is 0.320 e. The van der Waals surface area contributed by atoms with Crippen LogP contribution in [-0.4, -0.2) is 49.3 Å². The van der Waals surface area contributed by atoms with Gasteiger partial charge in [-0.1, -0.05) is 0 Å². The molecule has 13 heavy (non-hydrogen) atoms. The minimum Gasteiger partial charge on any atom is -0.480 e. The summed E-state index contributed by atoms with van der Waals surface area (Å²) in [5.41, 5.74) is 5.36. The van der Waals surface area contributed by atoms with Crippen LogP contribution in [0.4, 0.5) is 0 Å². The Labute approximate surface area is 79.9 Å². The molecule has 0 heterocycles. The summed E-state index contributed by atoms with van der Waals surface area (Å²) in [6.45, 7) is 1.06. The van der Waals surface area contributed by atoms with E-state index in [4.69, 9.17) is 10.8 Å². The summed E-state index contributed by atoms with van der Waals surface area (Å²) in [4.78, 5) is 10.4. The zero-order valence-electron chi connectivity index (χ0n) is 8.79. The second kappa shape index (κ2) is 5.19. The molecule has 0 aromatic heterocycles. The van der Waals surface area contributed by atoms with Crippen molar-refractivity contribution in [3.8, 4) is 0 Å². The topological polar surface area (TPSA) is 63.3 Å². The highest BCUT2D eigenvalue weighted by atomic mass is 16.4. The normalized spacial score (nSPS) is 14.2. The highest BCUT2D eigenvalue weighted by Crippen LogP contribution is 2.02. The Bertz CT molecular complexity index is 163. The Hall–Kier alpha value is -0.610. The molecule has 0 aliphatic rings. The van der Waals surface area contributed by atoms with Gasteiger partial charge in [-0.2, -0.15) is 0 Å². The molecule has 4 nitrogen and oxygen atoms in total. The van der Waals surface area contributed by atoms with Gasteiger partial charge in [0.25, 0.3) is 0 Å². The molecule has 0 radical (unpaired) electrons. The van der Waals surface area contributed by atoms with E-state index in [9.17, 15) is 4.79 Å². The van der Waals surface area contributed by atoms with Crippen LogP contribution in [0.25, 0.3) is 0 Å². The lowest BCUT2D eigenvalue weighted by atomic mass is 10.1. The van der Waals surface area contributed by atoms with Crippen molar-refractivity contribution in [2.75, 3.05) is 27.7 Å². The molecule has 0 amide bonds. The third-order valence-electron chi connectivity index (χ3n) is 1.91. The minimum atomic E-state index is -0.898. The summed E-state index contributed by atoms with van der Waals surface area (Å²) >= 11 is 0. The van der Waals surface area contributed by atoms with E-state index < -0.39 is 12.0 Å². The molecule has 0 saturated heterocycles. The van der Waals surface area contributed by atoms with Gasteiger partial charge in [0.1, 0.15) is 6.04 Å². The van der Waals surface area contributed by atoms with E-state index >= 15 is 0 Å². The van der Waals surface area contributed by atoms with Crippen molar-refractivity contribution >= 4 is 5.97 Å². The molecule has 0 aromatic carbocycles. The molecular formula is C9H21N2O2+. The molecule has 0 aliphatic carbocycles. The van der Waals surface area contributed by atoms with Gasteiger partial charge in [0.15, 0.2) is 0 Å². The van der Waals surface area contributed by atoms with E-state index in [1.54, 1.807) is 0 Å². The van der Waals surface area contributed by atoms with E-state index in [0.29, 0.717) is 6.42 Å². The quantitative estimate of drug-likeness (QED) is 0.466. The van der Waals surface area contributed by atoms with Gasteiger partial charge in [-0.05, 0) is 19.3 Å². The monoisotopic (exact) mass is 189 g/mol. The van der Waals surface area contributed by atoms with Gasteiger partial charge in [-0.3, -0.25) is 4.79 Å². The fourth-order valence-corrected chi connectivity index (χ4v) is 1.07. The van der Waals surface area contributed by atoms with E-state index in [1.165, 1.54) is 0 Å². The van der Waals surface area contributed by atoms with Crippen LogP contribution in [0.1, 0.15) is 19.3 Å². The molecule has 3 N–H and O–H groups in total. The summed E-state index contributed by atoms with van der Waals surface area (Å²) < 4.78 is 0.919. The number of aliphatic carboxylic acids is 1. The van der Waals surface area contributed by atoms with Gasteiger partial charge in [0.05, 0.1) is 27.7 Å². The number of unbranched alkanes of at least 4 members (excludes halogenated alkanes) is 1. The van der Waals surface area contributed by atoms with Crippen molar-refractivity contribution in [1.29, 1.82) is 0 Å². The lowest BCUT2D eigenvalue weighted by molar-refractivity contribution is -0.870. The molecule has 0 bridgehead atoms. The van der Waals surface area contributed by atoms with Crippen molar-refractivity contribution < 1.29 is 14.4 Å². The summed E-state index contributed by atoms with van der Waals surface area (Å²) in [5, 5.41) is 8.51. The SMILES string of the molecule is C[N+](C)(C)CCCC[C@@H](N)C(=O)O. The molecule has 78 valence electrons. The highest BCUT2D eigenvalue weighted by molar-refractivity contribution is 5.72. The molecule has 1 atom stereocenters. The van der Waals surface area contributed by atoms with Crippen LogP contribution in [0.5, 0.6) is 0 Å². The number of carboxylic acid groups (broad SMARTS) is 1. The zero-order chi connectivity index (χ0) is 10.5. The van der Waals surface area contributed by atoms with Crippen LogP contribution in [0.2, 0.25) is 0 Å². The maximum absolute atomic E-state index is 10.4. The number of nitrogens with zero attached hydrogens (tertiary/aromatic N) is 1. The van der Waals surface area contributed by atoms with Crippen LogP contribution in [0.3, 0.4) is 0 Å². The Balaban J connectivity index is 3.41. The Morgan fingerprint density at radius 3 is 2.31 bits per heavy atom. The van der Waals surface area contributed by atoms with Gasteiger partial charge >= 0.3 is 5.97 Å². The lowest BCUT2D eigenvalue weighted by Crippen LogP contribution is -2.35. The Kier molecular flexibility index (Phi) is 4.95. The molecule has 0 aromatic rings. The maximum atomic E-state index is 10.4. The third kappa shape index (κ3) is 7.74. The lowest BCUT2D eigenvalue weighted by Gasteiger charge is -2.23. The van der Waals surface area contributed by atoms with E-state index in [1.807, 2.05) is 0 Å². The van der Waals surface area contributed by atoms with E-state index in [0.717, 1.165) is 23.9 Å². The second-order valence-corrected chi connectivity index (χ2v) is 4.45. The first-order valence-electron chi connectivity index (χ1n) is 4.62. The predicted molar refractivity (Wildman–Crippen MR) is 52.4 cm³/mol. The van der Waals surface area contributed by atoms with Crippen molar-refractivity contribution in [3.63, 3.8) is 0 Å². The largest absolute Gasteiger partial charge is 0.480 e. The number of carboxylic acids is 1. The van der Waals surface area contributed by atoms with E-state index in [2.05, 4.69) is 21.1 Å². The minimum absolute atomic E-state index is 0.579. The van der Waals surface area contributed by atoms with Crippen molar-refractivity contribution in [3.05, 3.63) is 0 Å². The predicted octanol–water partition coefficient (Wildman–Crippen LogP) is 0.275. The number of nitrogens with two attached hydrogens (primary N) is 1. The summed E-state index contributed by atoms with van der Waals surface area (Å²) in [5.74, 6) is -0.898. The van der Waals surface area contributed by atoms with Crippen molar-refractivity contribution in [2.24, 2.45) is 5.73 Å². The Morgan fingerprint density at radius 1 is 1.38 bits per heavy atom.